The predicted molar refractivity (Wildman–Crippen MR) is 91.1 cm³/mol. The van der Waals surface area contributed by atoms with Crippen LogP contribution in [0.3, 0.4) is 0 Å². The van der Waals surface area contributed by atoms with Crippen molar-refractivity contribution >= 4 is 0 Å². The molecule has 0 aromatic carbocycles. The largest absolute Gasteiger partial charge is 0.390 e. The van der Waals surface area contributed by atoms with Crippen LogP contribution in [0.15, 0.2) is 36.0 Å². The Balaban J connectivity index is 2.15. The summed E-state index contributed by atoms with van der Waals surface area (Å²) in [6.07, 6.45) is 12.4. The molecule has 118 valence electrons. The Labute approximate surface area is 130 Å². The second-order valence-corrected chi connectivity index (χ2v) is 7.77. The zero-order chi connectivity index (χ0) is 15.6. The summed E-state index contributed by atoms with van der Waals surface area (Å²) < 4.78 is 0. The molecule has 0 aliphatic heterocycles. The summed E-state index contributed by atoms with van der Waals surface area (Å²) in [5, 5.41) is 10.7. The third kappa shape index (κ3) is 3.88. The van der Waals surface area contributed by atoms with Crippen LogP contribution in [0.2, 0.25) is 0 Å². The standard InChI is InChI=1S/C20H32O/c1-14(2)7-6-8-15(3)17-10-9-16(4)18-11-12-20(5,21)19(18)13-17/h6,8,13-15,18-19,21H,4,7,9-12H2,1-3,5H3/b8-6+/t15-,18+,19+,20+/m0/s1. The van der Waals surface area contributed by atoms with Crippen molar-refractivity contribution in [3.63, 3.8) is 0 Å². The SMILES string of the molecule is C=C1CCC([C@@H](C)/C=C/CC(C)C)=C[C@@H]2[C@@H]1CC[C@@]2(C)O. The van der Waals surface area contributed by atoms with E-state index >= 15 is 0 Å². The van der Waals surface area contributed by atoms with E-state index in [1.54, 1.807) is 0 Å². The van der Waals surface area contributed by atoms with E-state index in [9.17, 15) is 5.11 Å². The number of allylic oxidation sites excluding steroid dienone is 4. The van der Waals surface area contributed by atoms with Gasteiger partial charge in [-0.25, -0.2) is 0 Å². The van der Waals surface area contributed by atoms with E-state index < -0.39 is 5.60 Å². The summed E-state index contributed by atoms with van der Waals surface area (Å²) in [5.74, 6) is 1.95. The van der Waals surface area contributed by atoms with Gasteiger partial charge in [-0.15, -0.1) is 0 Å². The van der Waals surface area contributed by atoms with Crippen molar-refractivity contribution in [2.75, 3.05) is 0 Å². The molecule has 21 heavy (non-hydrogen) atoms. The Hall–Kier alpha value is -0.820. The van der Waals surface area contributed by atoms with Crippen molar-refractivity contribution in [3.05, 3.63) is 36.0 Å². The van der Waals surface area contributed by atoms with Crippen LogP contribution < -0.4 is 0 Å². The van der Waals surface area contributed by atoms with Crippen molar-refractivity contribution in [1.82, 2.24) is 0 Å². The molecule has 4 atom stereocenters. The average Bonchev–Trinajstić information content (AvgIpc) is 2.57. The zero-order valence-corrected chi connectivity index (χ0v) is 14.2. The molecule has 1 heteroatoms. The van der Waals surface area contributed by atoms with Gasteiger partial charge in [0.1, 0.15) is 0 Å². The van der Waals surface area contributed by atoms with E-state index in [4.69, 9.17) is 0 Å². The Kier molecular flexibility index (Phi) is 5.14. The van der Waals surface area contributed by atoms with Crippen LogP contribution in [0.1, 0.15) is 59.8 Å². The first-order valence-electron chi connectivity index (χ1n) is 8.58. The summed E-state index contributed by atoms with van der Waals surface area (Å²) in [4.78, 5) is 0. The van der Waals surface area contributed by atoms with Crippen molar-refractivity contribution in [3.8, 4) is 0 Å². The molecule has 2 rings (SSSR count). The molecule has 2 aliphatic rings. The predicted octanol–water partition coefficient (Wildman–Crippen LogP) is 5.28. The quantitative estimate of drug-likeness (QED) is 0.698. The fourth-order valence-electron chi connectivity index (χ4n) is 3.84. The van der Waals surface area contributed by atoms with Gasteiger partial charge in [-0.3, -0.25) is 0 Å². The van der Waals surface area contributed by atoms with Gasteiger partial charge in [-0.05, 0) is 56.8 Å². The minimum Gasteiger partial charge on any atom is -0.390 e. The van der Waals surface area contributed by atoms with E-state index in [1.165, 1.54) is 11.1 Å². The summed E-state index contributed by atoms with van der Waals surface area (Å²) in [6, 6.07) is 0. The number of fused-ring (bicyclic) bond motifs is 1. The molecule has 0 amide bonds. The van der Waals surface area contributed by atoms with Crippen molar-refractivity contribution in [2.24, 2.45) is 23.7 Å². The van der Waals surface area contributed by atoms with Crippen LogP contribution in [0.25, 0.3) is 0 Å². The van der Waals surface area contributed by atoms with E-state index in [0.29, 0.717) is 11.8 Å². The smallest absolute Gasteiger partial charge is 0.0688 e. The number of hydrogen-bond donors (Lipinski definition) is 1. The van der Waals surface area contributed by atoms with Gasteiger partial charge >= 0.3 is 0 Å². The average molecular weight is 288 g/mol. The maximum Gasteiger partial charge on any atom is 0.0688 e. The maximum atomic E-state index is 10.7. The van der Waals surface area contributed by atoms with Gasteiger partial charge in [0.25, 0.3) is 0 Å². The highest BCUT2D eigenvalue weighted by Gasteiger charge is 2.44. The van der Waals surface area contributed by atoms with Gasteiger partial charge in [0.15, 0.2) is 0 Å². The highest BCUT2D eigenvalue weighted by Crippen LogP contribution is 2.48. The molecule has 0 unspecified atom stereocenters. The molecule has 0 bridgehead atoms. The molecular formula is C20H32O. The lowest BCUT2D eigenvalue weighted by molar-refractivity contribution is 0.0330. The molecule has 0 aromatic heterocycles. The molecular weight excluding hydrogens is 256 g/mol. The third-order valence-corrected chi connectivity index (χ3v) is 5.38. The fraction of sp³-hybridized carbons (Fsp3) is 0.700. The lowest BCUT2D eigenvalue weighted by atomic mass is 9.83. The molecule has 0 saturated heterocycles. The first-order valence-corrected chi connectivity index (χ1v) is 8.58. The molecule has 1 nitrogen and oxygen atoms in total. The first-order chi connectivity index (χ1) is 9.81. The van der Waals surface area contributed by atoms with Crippen LogP contribution in [0, 0.1) is 23.7 Å². The molecule has 2 aliphatic carbocycles. The van der Waals surface area contributed by atoms with Crippen LogP contribution >= 0.6 is 0 Å². The van der Waals surface area contributed by atoms with E-state index in [1.807, 2.05) is 6.92 Å². The summed E-state index contributed by atoms with van der Waals surface area (Å²) in [5.41, 5.74) is 2.29. The molecule has 1 saturated carbocycles. The fourth-order valence-corrected chi connectivity index (χ4v) is 3.84. The van der Waals surface area contributed by atoms with Gasteiger partial charge in [-0.1, -0.05) is 56.7 Å². The monoisotopic (exact) mass is 288 g/mol. The Morgan fingerprint density at radius 2 is 2.10 bits per heavy atom. The van der Waals surface area contributed by atoms with Crippen molar-refractivity contribution < 1.29 is 5.11 Å². The second-order valence-electron chi connectivity index (χ2n) is 7.77. The minimum absolute atomic E-state index is 0.267. The maximum absolute atomic E-state index is 10.7. The molecule has 0 heterocycles. The lowest BCUT2D eigenvalue weighted by Gasteiger charge is -2.27. The van der Waals surface area contributed by atoms with Gasteiger partial charge < -0.3 is 5.11 Å². The summed E-state index contributed by atoms with van der Waals surface area (Å²) in [7, 11) is 0. The minimum atomic E-state index is -0.551. The van der Waals surface area contributed by atoms with Crippen molar-refractivity contribution in [1.29, 1.82) is 0 Å². The van der Waals surface area contributed by atoms with Gasteiger partial charge in [0, 0.05) is 5.92 Å². The third-order valence-electron chi connectivity index (χ3n) is 5.38. The highest BCUT2D eigenvalue weighted by molar-refractivity contribution is 5.26. The number of aliphatic hydroxyl groups is 1. The zero-order valence-electron chi connectivity index (χ0n) is 14.2. The van der Waals surface area contributed by atoms with Gasteiger partial charge in [-0.2, -0.15) is 0 Å². The van der Waals surface area contributed by atoms with Crippen LogP contribution in [-0.2, 0) is 0 Å². The number of hydrogen-bond acceptors (Lipinski definition) is 1. The normalized spacial score (nSPS) is 35.0. The van der Waals surface area contributed by atoms with E-state index in [2.05, 4.69) is 45.6 Å². The Morgan fingerprint density at radius 3 is 2.76 bits per heavy atom. The molecule has 1 fully saturated rings. The molecule has 1 N–H and O–H groups in total. The van der Waals surface area contributed by atoms with E-state index in [0.717, 1.165) is 38.0 Å². The lowest BCUT2D eigenvalue weighted by Crippen LogP contribution is -2.30. The summed E-state index contributed by atoms with van der Waals surface area (Å²) in [6.45, 7) is 13.1. The molecule has 0 aromatic rings. The second kappa shape index (κ2) is 6.52. The van der Waals surface area contributed by atoms with Crippen LogP contribution in [0.4, 0.5) is 0 Å². The van der Waals surface area contributed by atoms with Crippen LogP contribution in [-0.4, -0.2) is 10.7 Å². The van der Waals surface area contributed by atoms with Gasteiger partial charge in [0.05, 0.1) is 5.60 Å². The molecule has 0 spiro atoms. The summed E-state index contributed by atoms with van der Waals surface area (Å²) >= 11 is 0. The Bertz CT molecular complexity index is 439. The Morgan fingerprint density at radius 1 is 1.38 bits per heavy atom. The van der Waals surface area contributed by atoms with Crippen molar-refractivity contribution in [2.45, 2.75) is 65.4 Å². The van der Waals surface area contributed by atoms with Gasteiger partial charge in [0.2, 0.25) is 0 Å². The number of rotatable bonds is 4. The van der Waals surface area contributed by atoms with Crippen LogP contribution in [0.5, 0.6) is 0 Å². The topological polar surface area (TPSA) is 20.2 Å². The highest BCUT2D eigenvalue weighted by atomic mass is 16.3. The molecule has 0 radical (unpaired) electrons. The first kappa shape index (κ1) is 16.5. The van der Waals surface area contributed by atoms with E-state index in [-0.39, 0.29) is 5.92 Å².